The van der Waals surface area contributed by atoms with Crippen molar-refractivity contribution in [3.05, 3.63) is 53.1 Å². The molecule has 3 rings (SSSR count). The molecule has 22 heavy (non-hydrogen) atoms. The van der Waals surface area contributed by atoms with Gasteiger partial charge in [0.05, 0.1) is 0 Å². The van der Waals surface area contributed by atoms with E-state index >= 15 is 0 Å². The van der Waals surface area contributed by atoms with Gasteiger partial charge in [0, 0.05) is 34.1 Å². The normalized spacial score (nSPS) is 16.3. The van der Waals surface area contributed by atoms with Crippen molar-refractivity contribution >= 4 is 17.4 Å². The Labute approximate surface area is 136 Å². The predicted molar refractivity (Wildman–Crippen MR) is 92.8 cm³/mol. The Balaban J connectivity index is 1.97. The summed E-state index contributed by atoms with van der Waals surface area (Å²) in [5.74, 6) is 0. The SMILES string of the molecule is Cc1ccc(NCCN(C)C)c2c1Sc1ccccc1C2O. The molecule has 1 unspecified atom stereocenters. The number of benzene rings is 2. The fourth-order valence-corrected chi connectivity index (χ4v) is 3.97. The summed E-state index contributed by atoms with van der Waals surface area (Å²) in [6.45, 7) is 3.93. The molecule has 0 saturated heterocycles. The standard InChI is InChI=1S/C18H22N2OS/c1-12-8-9-14(19-10-11-20(2)3)16-17(21)13-6-4-5-7-15(13)22-18(12)16/h4-9,17,19,21H,10-11H2,1-3H3. The van der Waals surface area contributed by atoms with E-state index in [1.54, 1.807) is 11.8 Å². The van der Waals surface area contributed by atoms with Crippen LogP contribution in [0.5, 0.6) is 0 Å². The third-order valence-electron chi connectivity index (χ3n) is 3.97. The van der Waals surface area contributed by atoms with Crippen LogP contribution >= 0.6 is 11.8 Å². The molecule has 0 saturated carbocycles. The largest absolute Gasteiger partial charge is 0.383 e. The molecule has 1 aliphatic heterocycles. The molecule has 0 aliphatic carbocycles. The molecule has 1 aliphatic rings. The second-order valence-electron chi connectivity index (χ2n) is 5.95. The molecule has 1 atom stereocenters. The second kappa shape index (κ2) is 6.32. The number of aliphatic hydroxyl groups is 1. The molecule has 2 aromatic rings. The van der Waals surface area contributed by atoms with E-state index in [0.717, 1.165) is 34.8 Å². The Bertz CT molecular complexity index is 685. The first-order chi connectivity index (χ1) is 10.6. The van der Waals surface area contributed by atoms with Gasteiger partial charge in [-0.2, -0.15) is 0 Å². The van der Waals surface area contributed by atoms with E-state index in [9.17, 15) is 5.11 Å². The van der Waals surface area contributed by atoms with Crippen LogP contribution in [0.4, 0.5) is 5.69 Å². The van der Waals surface area contributed by atoms with Crippen LogP contribution in [0.2, 0.25) is 0 Å². The lowest BCUT2D eigenvalue weighted by atomic mass is 9.97. The minimum Gasteiger partial charge on any atom is -0.383 e. The summed E-state index contributed by atoms with van der Waals surface area (Å²) < 4.78 is 0. The van der Waals surface area contributed by atoms with E-state index in [0.29, 0.717) is 0 Å². The van der Waals surface area contributed by atoms with Crippen molar-refractivity contribution < 1.29 is 5.11 Å². The van der Waals surface area contributed by atoms with E-state index in [4.69, 9.17) is 0 Å². The van der Waals surface area contributed by atoms with Crippen LogP contribution in [0.15, 0.2) is 46.2 Å². The summed E-state index contributed by atoms with van der Waals surface area (Å²) in [7, 11) is 4.13. The van der Waals surface area contributed by atoms with E-state index < -0.39 is 6.10 Å². The minimum atomic E-state index is -0.561. The number of aliphatic hydroxyl groups excluding tert-OH is 1. The van der Waals surface area contributed by atoms with Gasteiger partial charge in [-0.3, -0.25) is 0 Å². The first kappa shape index (κ1) is 15.4. The summed E-state index contributed by atoms with van der Waals surface area (Å²) in [5, 5.41) is 14.3. The van der Waals surface area contributed by atoms with Crippen LogP contribution in [-0.2, 0) is 0 Å². The van der Waals surface area contributed by atoms with Crippen LogP contribution in [0.3, 0.4) is 0 Å². The number of likely N-dealkylation sites (N-methyl/N-ethyl adjacent to an activating group) is 1. The molecule has 0 amide bonds. The number of nitrogens with zero attached hydrogens (tertiary/aromatic N) is 1. The number of anilines is 1. The van der Waals surface area contributed by atoms with Crippen LogP contribution in [0, 0.1) is 6.92 Å². The lowest BCUT2D eigenvalue weighted by Gasteiger charge is -2.28. The zero-order valence-corrected chi connectivity index (χ0v) is 14.1. The molecule has 1 heterocycles. The van der Waals surface area contributed by atoms with Crippen LogP contribution in [0.25, 0.3) is 0 Å². The van der Waals surface area contributed by atoms with Crippen LogP contribution in [-0.4, -0.2) is 37.2 Å². The van der Waals surface area contributed by atoms with E-state index in [2.05, 4.69) is 49.4 Å². The molecule has 0 radical (unpaired) electrons. The second-order valence-corrected chi connectivity index (χ2v) is 7.00. The highest BCUT2D eigenvalue weighted by Gasteiger charge is 2.27. The lowest BCUT2D eigenvalue weighted by Crippen LogP contribution is -2.22. The number of rotatable bonds is 4. The molecule has 2 N–H and O–H groups in total. The van der Waals surface area contributed by atoms with Crippen molar-refractivity contribution in [1.29, 1.82) is 0 Å². The van der Waals surface area contributed by atoms with Crippen molar-refractivity contribution in [2.75, 3.05) is 32.5 Å². The number of hydrogen-bond acceptors (Lipinski definition) is 4. The van der Waals surface area contributed by atoms with E-state index in [1.807, 2.05) is 18.2 Å². The van der Waals surface area contributed by atoms with Crippen LogP contribution in [0.1, 0.15) is 22.8 Å². The van der Waals surface area contributed by atoms with Gasteiger partial charge in [-0.25, -0.2) is 0 Å². The predicted octanol–water partition coefficient (Wildman–Crippen LogP) is 3.51. The number of nitrogens with one attached hydrogen (secondary N) is 1. The van der Waals surface area contributed by atoms with Gasteiger partial charge in [-0.15, -0.1) is 0 Å². The molecule has 4 heteroatoms. The third kappa shape index (κ3) is 2.86. The van der Waals surface area contributed by atoms with Crippen molar-refractivity contribution in [2.45, 2.75) is 22.8 Å². The topological polar surface area (TPSA) is 35.5 Å². The Kier molecular flexibility index (Phi) is 4.43. The fourth-order valence-electron chi connectivity index (χ4n) is 2.75. The summed E-state index contributed by atoms with van der Waals surface area (Å²) in [5.41, 5.74) is 4.27. The monoisotopic (exact) mass is 314 g/mol. The highest BCUT2D eigenvalue weighted by molar-refractivity contribution is 7.99. The van der Waals surface area contributed by atoms with Crippen LogP contribution < -0.4 is 5.32 Å². The van der Waals surface area contributed by atoms with Crippen molar-refractivity contribution in [3.63, 3.8) is 0 Å². The number of hydrogen-bond donors (Lipinski definition) is 2. The van der Waals surface area contributed by atoms with Gasteiger partial charge in [0.1, 0.15) is 6.10 Å². The lowest BCUT2D eigenvalue weighted by molar-refractivity contribution is 0.213. The maximum atomic E-state index is 10.9. The van der Waals surface area contributed by atoms with Gasteiger partial charge in [0.25, 0.3) is 0 Å². The molecular formula is C18H22N2OS. The Morgan fingerprint density at radius 2 is 1.95 bits per heavy atom. The molecule has 0 spiro atoms. The van der Waals surface area contributed by atoms with Gasteiger partial charge < -0.3 is 15.3 Å². The third-order valence-corrected chi connectivity index (χ3v) is 5.30. The molecule has 0 aromatic heterocycles. The highest BCUT2D eigenvalue weighted by Crippen LogP contribution is 2.48. The minimum absolute atomic E-state index is 0.561. The van der Waals surface area contributed by atoms with Crippen molar-refractivity contribution in [3.8, 4) is 0 Å². The van der Waals surface area contributed by atoms with Gasteiger partial charge in [0.15, 0.2) is 0 Å². The Morgan fingerprint density at radius 1 is 1.18 bits per heavy atom. The molecular weight excluding hydrogens is 292 g/mol. The Hall–Kier alpha value is -1.49. The smallest absolute Gasteiger partial charge is 0.108 e. The first-order valence-corrected chi connectivity index (χ1v) is 8.36. The average molecular weight is 314 g/mol. The molecule has 2 aromatic carbocycles. The van der Waals surface area contributed by atoms with Gasteiger partial charge in [0.2, 0.25) is 0 Å². The zero-order chi connectivity index (χ0) is 15.7. The summed E-state index contributed by atoms with van der Waals surface area (Å²) >= 11 is 1.76. The quantitative estimate of drug-likeness (QED) is 0.905. The van der Waals surface area contributed by atoms with E-state index in [1.165, 1.54) is 10.5 Å². The fraction of sp³-hybridized carbons (Fsp3) is 0.333. The average Bonchev–Trinajstić information content (AvgIpc) is 2.50. The van der Waals surface area contributed by atoms with Gasteiger partial charge in [-0.1, -0.05) is 36.0 Å². The highest BCUT2D eigenvalue weighted by atomic mass is 32.2. The van der Waals surface area contributed by atoms with Crippen molar-refractivity contribution in [1.82, 2.24) is 4.90 Å². The van der Waals surface area contributed by atoms with Crippen molar-refractivity contribution in [2.24, 2.45) is 0 Å². The summed E-state index contributed by atoms with van der Waals surface area (Å²) in [6, 6.07) is 12.3. The summed E-state index contributed by atoms with van der Waals surface area (Å²) in [4.78, 5) is 4.48. The van der Waals surface area contributed by atoms with E-state index in [-0.39, 0.29) is 0 Å². The summed E-state index contributed by atoms with van der Waals surface area (Å²) in [6.07, 6.45) is -0.561. The number of aryl methyl sites for hydroxylation is 1. The molecule has 116 valence electrons. The molecule has 3 nitrogen and oxygen atoms in total. The number of fused-ring (bicyclic) bond motifs is 2. The zero-order valence-electron chi connectivity index (χ0n) is 13.3. The molecule has 0 bridgehead atoms. The Morgan fingerprint density at radius 3 is 2.73 bits per heavy atom. The maximum Gasteiger partial charge on any atom is 0.108 e. The first-order valence-electron chi connectivity index (χ1n) is 7.55. The molecule has 0 fully saturated rings. The van der Waals surface area contributed by atoms with Gasteiger partial charge in [-0.05, 0) is 44.3 Å². The maximum absolute atomic E-state index is 10.9. The van der Waals surface area contributed by atoms with Gasteiger partial charge >= 0.3 is 0 Å².